The van der Waals surface area contributed by atoms with Crippen LogP contribution in [0.5, 0.6) is 0 Å². The van der Waals surface area contributed by atoms with Crippen LogP contribution in [0.3, 0.4) is 0 Å². The standard InChI is InChI=1S/C10H7BrClN3O/c11-5-1-2-7(12)6(3-5)8-4-9(10(13)16)15-14-8/h1-4H,(H2,13,16)(H,14,15). The van der Waals surface area contributed by atoms with Gasteiger partial charge in [-0.15, -0.1) is 0 Å². The number of hydrogen-bond donors (Lipinski definition) is 2. The number of halogens is 2. The molecule has 82 valence electrons. The van der Waals surface area contributed by atoms with Gasteiger partial charge >= 0.3 is 0 Å². The molecule has 0 saturated heterocycles. The minimum absolute atomic E-state index is 0.256. The second-order valence-corrected chi connectivity index (χ2v) is 4.48. The molecule has 0 aliphatic heterocycles. The zero-order valence-electron chi connectivity index (χ0n) is 8.00. The van der Waals surface area contributed by atoms with E-state index in [1.54, 1.807) is 12.1 Å². The van der Waals surface area contributed by atoms with Gasteiger partial charge in [0, 0.05) is 10.0 Å². The highest BCUT2D eigenvalue weighted by Crippen LogP contribution is 2.29. The van der Waals surface area contributed by atoms with E-state index in [-0.39, 0.29) is 5.69 Å². The third kappa shape index (κ3) is 2.10. The molecule has 0 aliphatic rings. The average Bonchev–Trinajstić information content (AvgIpc) is 2.70. The van der Waals surface area contributed by atoms with E-state index in [0.717, 1.165) is 10.0 Å². The van der Waals surface area contributed by atoms with Crippen LogP contribution in [0.15, 0.2) is 28.7 Å². The Labute approximate surface area is 105 Å². The number of carbonyl (C=O) groups is 1. The van der Waals surface area contributed by atoms with Gasteiger partial charge in [-0.3, -0.25) is 9.89 Å². The Balaban J connectivity index is 2.50. The number of aromatic nitrogens is 2. The Morgan fingerprint density at radius 3 is 2.81 bits per heavy atom. The first kappa shape index (κ1) is 11.2. The molecule has 3 N–H and O–H groups in total. The third-order valence-corrected chi connectivity index (χ3v) is 2.87. The Morgan fingerprint density at radius 2 is 2.19 bits per heavy atom. The molecule has 0 unspecified atom stereocenters. The van der Waals surface area contributed by atoms with Crippen molar-refractivity contribution in [1.82, 2.24) is 10.2 Å². The average molecular weight is 301 g/mol. The molecule has 1 aromatic carbocycles. The predicted octanol–water partition coefficient (Wildman–Crippen LogP) is 2.59. The number of nitrogens with zero attached hydrogens (tertiary/aromatic N) is 1. The van der Waals surface area contributed by atoms with E-state index in [2.05, 4.69) is 26.1 Å². The number of aromatic amines is 1. The van der Waals surface area contributed by atoms with Gasteiger partial charge in [-0.05, 0) is 24.3 Å². The molecule has 2 aromatic rings. The van der Waals surface area contributed by atoms with E-state index in [9.17, 15) is 4.79 Å². The Bertz CT molecular complexity index is 553. The number of carbonyl (C=O) groups excluding carboxylic acids is 1. The van der Waals surface area contributed by atoms with Crippen molar-refractivity contribution in [3.05, 3.63) is 39.5 Å². The molecular formula is C10H7BrClN3O. The Hall–Kier alpha value is -1.33. The summed E-state index contributed by atoms with van der Waals surface area (Å²) in [5.74, 6) is -0.551. The van der Waals surface area contributed by atoms with Gasteiger partial charge in [-0.1, -0.05) is 27.5 Å². The van der Waals surface area contributed by atoms with Crippen LogP contribution >= 0.6 is 27.5 Å². The van der Waals surface area contributed by atoms with E-state index in [4.69, 9.17) is 17.3 Å². The fourth-order valence-electron chi connectivity index (χ4n) is 1.28. The molecule has 1 aromatic heterocycles. The predicted molar refractivity (Wildman–Crippen MR) is 65.3 cm³/mol. The van der Waals surface area contributed by atoms with Crippen molar-refractivity contribution < 1.29 is 4.79 Å². The molecule has 0 fully saturated rings. The molecule has 0 bridgehead atoms. The van der Waals surface area contributed by atoms with Crippen LogP contribution in [0.1, 0.15) is 10.5 Å². The van der Waals surface area contributed by atoms with E-state index in [0.29, 0.717) is 10.7 Å². The van der Waals surface area contributed by atoms with Gasteiger partial charge in [-0.25, -0.2) is 0 Å². The summed E-state index contributed by atoms with van der Waals surface area (Å²) in [7, 11) is 0. The molecule has 1 amide bonds. The first-order chi connectivity index (χ1) is 7.58. The minimum atomic E-state index is -0.551. The summed E-state index contributed by atoms with van der Waals surface area (Å²) in [5.41, 5.74) is 6.70. The maximum Gasteiger partial charge on any atom is 0.266 e. The number of H-pyrrole nitrogens is 1. The fourth-order valence-corrected chi connectivity index (χ4v) is 1.86. The minimum Gasteiger partial charge on any atom is -0.364 e. The maximum absolute atomic E-state index is 10.9. The lowest BCUT2D eigenvalue weighted by molar-refractivity contribution is 0.0995. The van der Waals surface area contributed by atoms with E-state index < -0.39 is 5.91 Å². The zero-order valence-corrected chi connectivity index (χ0v) is 10.3. The highest BCUT2D eigenvalue weighted by molar-refractivity contribution is 9.10. The highest BCUT2D eigenvalue weighted by atomic mass is 79.9. The number of hydrogen-bond acceptors (Lipinski definition) is 2. The molecule has 0 aliphatic carbocycles. The van der Waals surface area contributed by atoms with Crippen molar-refractivity contribution in [2.45, 2.75) is 0 Å². The van der Waals surface area contributed by atoms with E-state index in [1.807, 2.05) is 12.1 Å². The fraction of sp³-hybridized carbons (Fsp3) is 0. The van der Waals surface area contributed by atoms with Gasteiger partial charge in [0.05, 0.1) is 10.7 Å². The van der Waals surface area contributed by atoms with Crippen molar-refractivity contribution in [3.8, 4) is 11.3 Å². The van der Waals surface area contributed by atoms with Gasteiger partial charge in [0.2, 0.25) is 0 Å². The quantitative estimate of drug-likeness (QED) is 0.895. The largest absolute Gasteiger partial charge is 0.364 e. The number of nitrogens with two attached hydrogens (primary N) is 1. The first-order valence-electron chi connectivity index (χ1n) is 4.38. The van der Waals surface area contributed by atoms with Gasteiger partial charge in [-0.2, -0.15) is 5.10 Å². The maximum atomic E-state index is 10.9. The van der Waals surface area contributed by atoms with E-state index >= 15 is 0 Å². The molecule has 2 rings (SSSR count). The van der Waals surface area contributed by atoms with Crippen LogP contribution in [0, 0.1) is 0 Å². The normalized spacial score (nSPS) is 10.4. The van der Waals surface area contributed by atoms with Gasteiger partial charge in [0.1, 0.15) is 5.69 Å². The molecular weight excluding hydrogens is 293 g/mol. The van der Waals surface area contributed by atoms with Crippen molar-refractivity contribution in [1.29, 1.82) is 0 Å². The number of benzene rings is 1. The molecule has 0 spiro atoms. The number of amides is 1. The molecule has 0 saturated carbocycles. The number of rotatable bonds is 2. The summed E-state index contributed by atoms with van der Waals surface area (Å²) in [4.78, 5) is 10.9. The monoisotopic (exact) mass is 299 g/mol. The van der Waals surface area contributed by atoms with E-state index in [1.165, 1.54) is 0 Å². The van der Waals surface area contributed by atoms with Gasteiger partial charge in [0.25, 0.3) is 5.91 Å². The second-order valence-electron chi connectivity index (χ2n) is 3.16. The first-order valence-corrected chi connectivity index (χ1v) is 5.55. The topological polar surface area (TPSA) is 71.8 Å². The second kappa shape index (κ2) is 4.27. The molecule has 6 heteroatoms. The Kier molecular flexibility index (Phi) is 2.98. The summed E-state index contributed by atoms with van der Waals surface area (Å²) >= 11 is 9.37. The highest BCUT2D eigenvalue weighted by Gasteiger charge is 2.10. The van der Waals surface area contributed by atoms with Crippen LogP contribution < -0.4 is 5.73 Å². The summed E-state index contributed by atoms with van der Waals surface area (Å²) in [6, 6.07) is 6.96. The Morgan fingerprint density at radius 1 is 1.44 bits per heavy atom. The third-order valence-electron chi connectivity index (χ3n) is 2.05. The summed E-state index contributed by atoms with van der Waals surface area (Å²) in [6.07, 6.45) is 0. The molecule has 0 atom stereocenters. The lowest BCUT2D eigenvalue weighted by Gasteiger charge is -2.00. The summed E-state index contributed by atoms with van der Waals surface area (Å²) < 4.78 is 0.885. The zero-order chi connectivity index (χ0) is 11.7. The van der Waals surface area contributed by atoms with Crippen LogP contribution in [0.25, 0.3) is 11.3 Å². The van der Waals surface area contributed by atoms with Crippen LogP contribution in [-0.4, -0.2) is 16.1 Å². The SMILES string of the molecule is NC(=O)c1cc(-c2cc(Br)ccc2Cl)n[nH]1. The number of nitrogens with one attached hydrogen (secondary N) is 1. The molecule has 0 radical (unpaired) electrons. The summed E-state index contributed by atoms with van der Waals surface area (Å²) in [5, 5.41) is 7.09. The van der Waals surface area contributed by atoms with Crippen LogP contribution in [0.4, 0.5) is 0 Å². The van der Waals surface area contributed by atoms with Crippen LogP contribution in [-0.2, 0) is 0 Å². The lowest BCUT2D eigenvalue weighted by atomic mass is 10.1. The van der Waals surface area contributed by atoms with Crippen molar-refractivity contribution in [3.63, 3.8) is 0 Å². The lowest BCUT2D eigenvalue weighted by Crippen LogP contribution is -2.10. The van der Waals surface area contributed by atoms with Gasteiger partial charge in [0.15, 0.2) is 0 Å². The number of primary amides is 1. The van der Waals surface area contributed by atoms with Crippen LogP contribution in [0.2, 0.25) is 5.02 Å². The molecule has 16 heavy (non-hydrogen) atoms. The van der Waals surface area contributed by atoms with Gasteiger partial charge < -0.3 is 5.73 Å². The van der Waals surface area contributed by atoms with Crippen molar-refractivity contribution in [2.75, 3.05) is 0 Å². The van der Waals surface area contributed by atoms with Crippen molar-refractivity contribution in [2.24, 2.45) is 5.73 Å². The van der Waals surface area contributed by atoms with Crippen molar-refractivity contribution >= 4 is 33.4 Å². The molecule has 1 heterocycles. The summed E-state index contributed by atoms with van der Waals surface area (Å²) in [6.45, 7) is 0. The molecule has 4 nitrogen and oxygen atoms in total. The smallest absolute Gasteiger partial charge is 0.266 e.